The summed E-state index contributed by atoms with van der Waals surface area (Å²) >= 11 is 6.11. The molecule has 0 saturated heterocycles. The fraction of sp³-hybridized carbons (Fsp3) is 0.231. The van der Waals surface area contributed by atoms with Crippen LogP contribution in [0.4, 0.5) is 22.1 Å². The van der Waals surface area contributed by atoms with E-state index in [0.29, 0.717) is 22.4 Å². The van der Waals surface area contributed by atoms with Crippen molar-refractivity contribution in [3.05, 3.63) is 64.8 Å². The Morgan fingerprint density at radius 1 is 1.23 bits per heavy atom. The molecule has 1 aromatic heterocycles. The maximum Gasteiger partial charge on any atom is 0.408 e. The highest BCUT2D eigenvalue weighted by atomic mass is 35.5. The Morgan fingerprint density at radius 3 is 2.86 bits per heavy atom. The minimum Gasteiger partial charge on any atom is -0.444 e. The fourth-order valence-corrected chi connectivity index (χ4v) is 3.58. The van der Waals surface area contributed by atoms with Crippen molar-refractivity contribution >= 4 is 40.9 Å². The summed E-state index contributed by atoms with van der Waals surface area (Å²) < 4.78 is 5.19. The number of amides is 2. The summed E-state index contributed by atoms with van der Waals surface area (Å²) in [7, 11) is 0. The Hall–Kier alpha value is -4.09. The molecule has 0 spiro atoms. The number of carbonyl (C=O) groups excluding carboxylic acids is 2. The van der Waals surface area contributed by atoms with Crippen LogP contribution in [0.1, 0.15) is 31.9 Å². The molecule has 0 radical (unpaired) electrons. The van der Waals surface area contributed by atoms with Crippen LogP contribution in [0, 0.1) is 11.8 Å². The molecule has 178 valence electrons. The molecule has 0 unspecified atom stereocenters. The lowest BCUT2D eigenvalue weighted by Crippen LogP contribution is -2.32. The molecule has 0 fully saturated rings. The number of rotatable bonds is 3. The van der Waals surface area contributed by atoms with Gasteiger partial charge in [0.1, 0.15) is 5.60 Å². The molecule has 1 aliphatic rings. The van der Waals surface area contributed by atoms with E-state index >= 15 is 0 Å². The van der Waals surface area contributed by atoms with Gasteiger partial charge in [-0.1, -0.05) is 29.5 Å². The van der Waals surface area contributed by atoms with Crippen LogP contribution in [0.25, 0.3) is 11.3 Å². The predicted octanol–water partition coefficient (Wildman–Crippen LogP) is 4.91. The lowest BCUT2D eigenvalue weighted by atomic mass is 10.1. The summed E-state index contributed by atoms with van der Waals surface area (Å²) in [4.78, 5) is 33.0. The second kappa shape index (κ2) is 10.0. The number of ether oxygens (including phenoxy) is 1. The van der Waals surface area contributed by atoms with E-state index in [0.717, 1.165) is 22.4 Å². The number of hydrogen-bond donors (Lipinski definition) is 3. The minimum absolute atomic E-state index is 0.149. The highest BCUT2D eigenvalue weighted by molar-refractivity contribution is 6.31. The highest BCUT2D eigenvalue weighted by Gasteiger charge is 2.21. The molecular weight excluding hydrogens is 466 g/mol. The lowest BCUT2D eigenvalue weighted by molar-refractivity contribution is -0.115. The van der Waals surface area contributed by atoms with Crippen LogP contribution in [0.2, 0.25) is 5.02 Å². The predicted molar refractivity (Wildman–Crippen MR) is 136 cm³/mol. The molecule has 2 aromatic carbocycles. The zero-order valence-corrected chi connectivity index (χ0v) is 20.3. The van der Waals surface area contributed by atoms with E-state index in [1.807, 2.05) is 30.3 Å². The van der Waals surface area contributed by atoms with Crippen molar-refractivity contribution < 1.29 is 14.3 Å². The second-order valence-electron chi connectivity index (χ2n) is 8.85. The van der Waals surface area contributed by atoms with Crippen molar-refractivity contribution in [2.45, 2.75) is 32.8 Å². The molecule has 4 rings (SSSR count). The van der Waals surface area contributed by atoms with E-state index in [1.54, 1.807) is 39.1 Å². The third kappa shape index (κ3) is 6.49. The Kier molecular flexibility index (Phi) is 6.90. The van der Waals surface area contributed by atoms with Crippen molar-refractivity contribution in [1.29, 1.82) is 0 Å². The summed E-state index contributed by atoms with van der Waals surface area (Å²) in [5.74, 6) is 6.15. The van der Waals surface area contributed by atoms with Crippen LogP contribution < -0.4 is 16.0 Å². The summed E-state index contributed by atoms with van der Waals surface area (Å²) in [5, 5.41) is 9.19. The van der Waals surface area contributed by atoms with Crippen LogP contribution in [-0.2, 0) is 16.0 Å². The first-order valence-electron chi connectivity index (χ1n) is 10.9. The van der Waals surface area contributed by atoms with Crippen LogP contribution >= 0.6 is 11.6 Å². The molecule has 0 aliphatic carbocycles. The molecule has 3 N–H and O–H groups in total. The summed E-state index contributed by atoms with van der Waals surface area (Å²) in [6.07, 6.45) is 1.31. The quantitative estimate of drug-likeness (QED) is 0.451. The van der Waals surface area contributed by atoms with E-state index < -0.39 is 11.7 Å². The first-order chi connectivity index (χ1) is 16.7. The third-order valence-corrected chi connectivity index (χ3v) is 5.03. The van der Waals surface area contributed by atoms with Gasteiger partial charge in [-0.2, -0.15) is 0 Å². The van der Waals surface area contributed by atoms with Gasteiger partial charge in [-0.15, -0.1) is 0 Å². The number of aromatic nitrogens is 2. The largest absolute Gasteiger partial charge is 0.444 e. The normalized spacial score (nSPS) is 12.2. The number of anilines is 3. The van der Waals surface area contributed by atoms with Gasteiger partial charge in [-0.25, -0.2) is 14.8 Å². The van der Waals surface area contributed by atoms with Gasteiger partial charge in [-0.3, -0.25) is 4.79 Å². The van der Waals surface area contributed by atoms with Gasteiger partial charge in [0.15, 0.2) is 0 Å². The average molecular weight is 490 g/mol. The summed E-state index contributed by atoms with van der Waals surface area (Å²) in [5.41, 5.74) is 3.72. The molecule has 8 nitrogen and oxygen atoms in total. The number of benzene rings is 2. The fourth-order valence-electron chi connectivity index (χ4n) is 3.40. The minimum atomic E-state index is -0.559. The number of nitrogens with zero attached hydrogens (tertiary/aromatic N) is 2. The Labute approximate surface area is 208 Å². The van der Waals surface area contributed by atoms with Gasteiger partial charge in [0.25, 0.3) is 0 Å². The molecule has 0 saturated carbocycles. The van der Waals surface area contributed by atoms with Crippen molar-refractivity contribution in [3.63, 3.8) is 0 Å². The number of fused-ring (bicyclic) bond motifs is 3. The first-order valence-corrected chi connectivity index (χ1v) is 11.3. The smallest absolute Gasteiger partial charge is 0.408 e. The van der Waals surface area contributed by atoms with Gasteiger partial charge in [-0.05, 0) is 57.2 Å². The van der Waals surface area contributed by atoms with Gasteiger partial charge < -0.3 is 20.7 Å². The van der Waals surface area contributed by atoms with E-state index in [4.69, 9.17) is 16.3 Å². The molecule has 2 heterocycles. The molecule has 0 atom stereocenters. The number of carbonyl (C=O) groups is 2. The molecule has 1 aliphatic heterocycles. The van der Waals surface area contributed by atoms with E-state index in [9.17, 15) is 9.59 Å². The van der Waals surface area contributed by atoms with Crippen LogP contribution in [0.5, 0.6) is 0 Å². The number of alkyl carbamates (subject to hydrolysis) is 1. The van der Waals surface area contributed by atoms with Crippen LogP contribution in [0.15, 0.2) is 48.7 Å². The highest BCUT2D eigenvalue weighted by Crippen LogP contribution is 2.34. The van der Waals surface area contributed by atoms with Crippen molar-refractivity contribution in [3.8, 4) is 23.1 Å². The Balaban J connectivity index is 1.49. The molecule has 2 amide bonds. The standard InChI is InChI=1S/C26H24ClN5O3/c1-26(2,3)35-25(34)28-11-5-7-16-6-4-8-19(12-16)30-24-29-15-17-13-22(33)31-21-14-18(27)9-10-20(21)23(17)32-24/h4,6,8-10,12,14-15H,11,13H2,1-3H3,(H,28,34)(H,31,33)(H,29,30,32). The first kappa shape index (κ1) is 24.0. The molecule has 0 bridgehead atoms. The number of hydrogen-bond acceptors (Lipinski definition) is 6. The second-order valence-corrected chi connectivity index (χ2v) is 9.28. The monoisotopic (exact) mass is 489 g/mol. The summed E-state index contributed by atoms with van der Waals surface area (Å²) in [6.45, 7) is 5.57. The maximum absolute atomic E-state index is 12.3. The Morgan fingerprint density at radius 2 is 2.06 bits per heavy atom. The zero-order valence-electron chi connectivity index (χ0n) is 19.5. The van der Waals surface area contributed by atoms with E-state index in [-0.39, 0.29) is 18.9 Å². The number of halogens is 1. The SMILES string of the molecule is CC(C)(C)OC(=O)NCC#Cc1cccc(Nc2ncc3c(n2)-c2ccc(Cl)cc2NC(=O)C3)c1. The van der Waals surface area contributed by atoms with Crippen molar-refractivity contribution in [1.82, 2.24) is 15.3 Å². The average Bonchev–Trinajstić information content (AvgIpc) is 2.90. The molecule has 3 aromatic rings. The van der Waals surface area contributed by atoms with Crippen molar-refractivity contribution in [2.24, 2.45) is 0 Å². The molecular formula is C26H24ClN5O3. The zero-order chi connectivity index (χ0) is 25.0. The summed E-state index contributed by atoms with van der Waals surface area (Å²) in [6, 6.07) is 12.8. The third-order valence-electron chi connectivity index (χ3n) is 4.80. The Bertz CT molecular complexity index is 1360. The van der Waals surface area contributed by atoms with Gasteiger partial charge >= 0.3 is 6.09 Å². The van der Waals surface area contributed by atoms with Gasteiger partial charge in [0.05, 0.1) is 24.3 Å². The van der Waals surface area contributed by atoms with Gasteiger partial charge in [0.2, 0.25) is 11.9 Å². The van der Waals surface area contributed by atoms with E-state index in [1.165, 1.54) is 0 Å². The molecule has 9 heteroatoms. The maximum atomic E-state index is 12.3. The van der Waals surface area contributed by atoms with Crippen LogP contribution in [0.3, 0.4) is 0 Å². The topological polar surface area (TPSA) is 105 Å². The lowest BCUT2D eigenvalue weighted by Gasteiger charge is -2.19. The molecule has 35 heavy (non-hydrogen) atoms. The van der Waals surface area contributed by atoms with Gasteiger partial charge in [0, 0.05) is 33.6 Å². The van der Waals surface area contributed by atoms with Crippen LogP contribution in [-0.4, -0.2) is 34.1 Å². The van der Waals surface area contributed by atoms with Crippen molar-refractivity contribution in [2.75, 3.05) is 17.2 Å². The van der Waals surface area contributed by atoms with E-state index in [2.05, 4.69) is 37.8 Å². The number of nitrogens with one attached hydrogen (secondary N) is 3.